The fourth-order valence-corrected chi connectivity index (χ4v) is 5.45. The Bertz CT molecular complexity index is 473. The van der Waals surface area contributed by atoms with Gasteiger partial charge in [-0.3, -0.25) is 0 Å². The van der Waals surface area contributed by atoms with Crippen molar-refractivity contribution in [3.63, 3.8) is 0 Å². The summed E-state index contributed by atoms with van der Waals surface area (Å²) < 4.78 is 0. The largest absolute Gasteiger partial charge is 0.478 e. The van der Waals surface area contributed by atoms with Gasteiger partial charge in [-0.25, -0.2) is 4.79 Å². The molecule has 2 fully saturated rings. The van der Waals surface area contributed by atoms with Crippen molar-refractivity contribution in [1.82, 2.24) is 0 Å². The zero-order valence-electron chi connectivity index (χ0n) is 11.6. The molecule has 3 aliphatic rings. The Morgan fingerprint density at radius 1 is 1.40 bits per heavy atom. The summed E-state index contributed by atoms with van der Waals surface area (Å²) in [5, 5.41) is 39.5. The summed E-state index contributed by atoms with van der Waals surface area (Å²) >= 11 is 0. The summed E-state index contributed by atoms with van der Waals surface area (Å²) in [6.45, 7) is 1.86. The molecule has 0 aromatic rings. The van der Waals surface area contributed by atoms with Crippen molar-refractivity contribution in [2.75, 3.05) is 13.2 Å². The molecule has 20 heavy (non-hydrogen) atoms. The molecule has 112 valence electrons. The van der Waals surface area contributed by atoms with Crippen molar-refractivity contribution < 1.29 is 25.2 Å². The molecule has 0 saturated heterocycles. The van der Waals surface area contributed by atoms with Crippen molar-refractivity contribution in [3.8, 4) is 0 Å². The van der Waals surface area contributed by atoms with Gasteiger partial charge in [0.25, 0.3) is 0 Å². The van der Waals surface area contributed by atoms with Crippen molar-refractivity contribution in [3.05, 3.63) is 11.6 Å². The van der Waals surface area contributed by atoms with Gasteiger partial charge in [-0.05, 0) is 43.1 Å². The fraction of sp³-hybridized carbons (Fsp3) is 0.800. The number of fused-ring (bicyclic) bond motifs is 1. The average molecular weight is 282 g/mol. The number of hydrogen-bond donors (Lipinski definition) is 4. The first-order valence-electron chi connectivity index (χ1n) is 7.26. The van der Waals surface area contributed by atoms with Gasteiger partial charge in [-0.2, -0.15) is 0 Å². The number of aliphatic hydroxyl groups excluding tert-OH is 3. The van der Waals surface area contributed by atoms with Crippen LogP contribution in [0.25, 0.3) is 0 Å². The second-order valence-corrected chi connectivity index (χ2v) is 6.91. The Hall–Kier alpha value is -0.910. The van der Waals surface area contributed by atoms with E-state index in [-0.39, 0.29) is 36.5 Å². The van der Waals surface area contributed by atoms with Crippen LogP contribution in [0.15, 0.2) is 11.6 Å². The molecule has 0 amide bonds. The minimum absolute atomic E-state index is 0.00929. The van der Waals surface area contributed by atoms with Crippen LogP contribution in [0.3, 0.4) is 0 Å². The van der Waals surface area contributed by atoms with Gasteiger partial charge in [0, 0.05) is 29.6 Å². The zero-order chi connectivity index (χ0) is 14.7. The molecular formula is C15H22O5. The summed E-state index contributed by atoms with van der Waals surface area (Å²) in [7, 11) is 0. The van der Waals surface area contributed by atoms with E-state index in [0.29, 0.717) is 6.42 Å². The first kappa shape index (κ1) is 14.0. The third kappa shape index (κ3) is 1.41. The fourth-order valence-electron chi connectivity index (χ4n) is 5.45. The summed E-state index contributed by atoms with van der Waals surface area (Å²) in [5.41, 5.74) is -0.757. The quantitative estimate of drug-likeness (QED) is 0.600. The predicted molar refractivity (Wildman–Crippen MR) is 70.8 cm³/mol. The second kappa shape index (κ2) is 4.29. The molecule has 5 nitrogen and oxygen atoms in total. The molecule has 0 aliphatic heterocycles. The Morgan fingerprint density at radius 2 is 2.10 bits per heavy atom. The smallest absolute Gasteiger partial charge is 0.331 e. The van der Waals surface area contributed by atoms with E-state index in [1.807, 2.05) is 6.92 Å². The molecule has 3 aliphatic carbocycles. The van der Waals surface area contributed by atoms with Gasteiger partial charge in [0.05, 0.1) is 6.10 Å². The molecule has 2 saturated carbocycles. The first-order chi connectivity index (χ1) is 9.41. The van der Waals surface area contributed by atoms with E-state index in [0.717, 1.165) is 12.8 Å². The van der Waals surface area contributed by atoms with Gasteiger partial charge >= 0.3 is 5.97 Å². The molecule has 0 aromatic heterocycles. The maximum atomic E-state index is 11.4. The van der Waals surface area contributed by atoms with Crippen LogP contribution in [0.4, 0.5) is 0 Å². The molecule has 6 atom stereocenters. The van der Waals surface area contributed by atoms with Crippen LogP contribution in [-0.4, -0.2) is 45.7 Å². The van der Waals surface area contributed by atoms with E-state index in [1.165, 1.54) is 6.08 Å². The number of aliphatic hydroxyl groups is 3. The van der Waals surface area contributed by atoms with Crippen molar-refractivity contribution in [2.45, 2.75) is 32.3 Å². The second-order valence-electron chi connectivity index (χ2n) is 6.91. The van der Waals surface area contributed by atoms with Gasteiger partial charge in [0.2, 0.25) is 0 Å². The molecule has 4 N–H and O–H groups in total. The van der Waals surface area contributed by atoms with Gasteiger partial charge in [0.1, 0.15) is 0 Å². The highest BCUT2D eigenvalue weighted by molar-refractivity contribution is 5.88. The molecule has 0 radical (unpaired) electrons. The highest BCUT2D eigenvalue weighted by Crippen LogP contribution is 2.71. The topological polar surface area (TPSA) is 98.0 Å². The number of hydrogen-bond acceptors (Lipinski definition) is 4. The van der Waals surface area contributed by atoms with E-state index >= 15 is 0 Å². The zero-order valence-corrected chi connectivity index (χ0v) is 11.6. The number of carbonyl (C=O) groups is 1. The average Bonchev–Trinajstić information content (AvgIpc) is 2.88. The number of carboxylic acid groups (broad SMARTS) is 1. The molecule has 5 heteroatoms. The monoisotopic (exact) mass is 282 g/mol. The van der Waals surface area contributed by atoms with Crippen molar-refractivity contribution >= 4 is 5.97 Å². The summed E-state index contributed by atoms with van der Waals surface area (Å²) in [6.07, 6.45) is 2.83. The Kier molecular flexibility index (Phi) is 3.01. The van der Waals surface area contributed by atoms with Gasteiger partial charge in [-0.1, -0.05) is 6.92 Å². The van der Waals surface area contributed by atoms with Crippen LogP contribution in [0.2, 0.25) is 0 Å². The lowest BCUT2D eigenvalue weighted by molar-refractivity contribution is -0.134. The third-order valence-electron chi connectivity index (χ3n) is 6.43. The third-order valence-corrected chi connectivity index (χ3v) is 6.43. The van der Waals surface area contributed by atoms with Crippen LogP contribution < -0.4 is 0 Å². The molecule has 3 rings (SSSR count). The SMILES string of the molecule is C[C@@]1(CO)[C@@H]2C[C@@]3([C@H](CO)CC[C@@H]13)[C@@H](O)C=C2C(=O)O. The lowest BCUT2D eigenvalue weighted by Gasteiger charge is -2.41. The Labute approximate surface area is 117 Å². The normalized spacial score (nSPS) is 49.9. The predicted octanol–water partition coefficient (Wildman–Crippen LogP) is 0.395. The van der Waals surface area contributed by atoms with Crippen LogP contribution in [-0.2, 0) is 4.79 Å². The van der Waals surface area contributed by atoms with Crippen molar-refractivity contribution in [1.29, 1.82) is 0 Å². The molecule has 2 bridgehead atoms. The van der Waals surface area contributed by atoms with Crippen molar-refractivity contribution in [2.24, 2.45) is 28.6 Å². The number of rotatable bonds is 3. The minimum Gasteiger partial charge on any atom is -0.478 e. The molecule has 0 heterocycles. The van der Waals surface area contributed by atoms with Gasteiger partial charge in [-0.15, -0.1) is 0 Å². The number of aliphatic carboxylic acids is 1. The number of carboxylic acids is 1. The highest BCUT2D eigenvalue weighted by Gasteiger charge is 2.69. The molecular weight excluding hydrogens is 260 g/mol. The highest BCUT2D eigenvalue weighted by atomic mass is 16.4. The first-order valence-corrected chi connectivity index (χ1v) is 7.26. The van der Waals surface area contributed by atoms with Gasteiger partial charge in [0.15, 0.2) is 0 Å². The molecule has 0 unspecified atom stereocenters. The van der Waals surface area contributed by atoms with E-state index in [9.17, 15) is 25.2 Å². The van der Waals surface area contributed by atoms with E-state index in [2.05, 4.69) is 0 Å². The van der Waals surface area contributed by atoms with E-state index in [4.69, 9.17) is 0 Å². The van der Waals surface area contributed by atoms with Crippen LogP contribution >= 0.6 is 0 Å². The minimum atomic E-state index is -1.01. The molecule has 0 aromatic carbocycles. The summed E-state index contributed by atoms with van der Waals surface area (Å²) in [6, 6.07) is 0. The van der Waals surface area contributed by atoms with Crippen LogP contribution in [0.1, 0.15) is 26.2 Å². The lowest BCUT2D eigenvalue weighted by atomic mass is 9.66. The van der Waals surface area contributed by atoms with E-state index < -0.39 is 22.9 Å². The maximum absolute atomic E-state index is 11.4. The maximum Gasteiger partial charge on any atom is 0.331 e. The summed E-state index contributed by atoms with van der Waals surface area (Å²) in [5.74, 6) is -1.20. The van der Waals surface area contributed by atoms with Gasteiger partial charge < -0.3 is 20.4 Å². The summed E-state index contributed by atoms with van der Waals surface area (Å²) in [4.78, 5) is 11.4. The lowest BCUT2D eigenvalue weighted by Crippen LogP contribution is -2.44. The van der Waals surface area contributed by atoms with Crippen LogP contribution in [0.5, 0.6) is 0 Å². The standard InChI is InChI=1S/C15H22O5/c1-14(7-17)10-5-15(8(6-16)2-3-11(14)15)12(18)4-9(10)13(19)20/h4,8,10-12,16-18H,2-3,5-7H2,1H3,(H,19,20)/t8-,10+,11-,12-,14+,15-/m0/s1. The van der Waals surface area contributed by atoms with Crippen LogP contribution in [0, 0.1) is 28.6 Å². The molecule has 1 spiro atoms. The van der Waals surface area contributed by atoms with E-state index in [1.54, 1.807) is 0 Å². The Morgan fingerprint density at radius 3 is 2.65 bits per heavy atom. The Balaban J connectivity index is 2.15.